The first-order chi connectivity index (χ1) is 7.31. The Morgan fingerprint density at radius 2 is 2.53 bits per heavy atom. The van der Waals surface area contributed by atoms with Gasteiger partial charge in [-0.2, -0.15) is 0 Å². The van der Waals surface area contributed by atoms with Gasteiger partial charge >= 0.3 is 5.97 Å². The Kier molecular flexibility index (Phi) is 2.62. The third-order valence-electron chi connectivity index (χ3n) is 1.90. The highest BCUT2D eigenvalue weighted by Crippen LogP contribution is 2.23. The number of furan rings is 1. The number of carbonyl (C=O) groups excluding carboxylic acids is 1. The highest BCUT2D eigenvalue weighted by molar-refractivity contribution is 5.89. The molecule has 5 nitrogen and oxygen atoms in total. The first kappa shape index (κ1) is 9.64. The summed E-state index contributed by atoms with van der Waals surface area (Å²) in [6, 6.07) is 3.46. The molecular formula is C10H11NO4. The van der Waals surface area contributed by atoms with Gasteiger partial charge in [-0.25, -0.2) is 4.79 Å². The lowest BCUT2D eigenvalue weighted by Gasteiger charge is -2.04. The maximum absolute atomic E-state index is 11.3. The molecule has 1 fully saturated rings. The molecule has 1 aromatic rings. The molecule has 0 spiro atoms. The first-order valence-electron chi connectivity index (χ1n) is 4.64. The van der Waals surface area contributed by atoms with Crippen LogP contribution in [0.25, 0.3) is 0 Å². The zero-order valence-corrected chi connectivity index (χ0v) is 8.23. The molecule has 0 aliphatic carbocycles. The Balaban J connectivity index is 2.07. The molecule has 0 bridgehead atoms. The average Bonchev–Trinajstić information content (AvgIpc) is 2.83. The lowest BCUT2D eigenvalue weighted by molar-refractivity contribution is -0.140. The third kappa shape index (κ3) is 1.96. The molecule has 0 radical (unpaired) electrons. The van der Waals surface area contributed by atoms with E-state index in [0.717, 1.165) is 0 Å². The van der Waals surface area contributed by atoms with Gasteiger partial charge in [0.15, 0.2) is 11.5 Å². The van der Waals surface area contributed by atoms with Crippen LogP contribution >= 0.6 is 0 Å². The number of hydrogen-bond acceptors (Lipinski definition) is 5. The van der Waals surface area contributed by atoms with Crippen molar-refractivity contribution in [3.63, 3.8) is 0 Å². The largest absolute Gasteiger partial charge is 0.499 e. The van der Waals surface area contributed by atoms with Gasteiger partial charge in [0.1, 0.15) is 6.26 Å². The Hall–Kier alpha value is -1.91. The second-order valence-electron chi connectivity index (χ2n) is 2.93. The summed E-state index contributed by atoms with van der Waals surface area (Å²) in [4.78, 5) is 11.3. The number of esters is 1. The maximum atomic E-state index is 11.3. The Bertz CT molecular complexity index is 369. The Morgan fingerprint density at radius 3 is 3.20 bits per heavy atom. The van der Waals surface area contributed by atoms with Gasteiger partial charge in [0.05, 0.1) is 12.9 Å². The van der Waals surface area contributed by atoms with Crippen LogP contribution in [0.15, 0.2) is 34.8 Å². The molecule has 1 N–H and O–H groups in total. The van der Waals surface area contributed by atoms with Crippen molar-refractivity contribution < 1.29 is 18.7 Å². The summed E-state index contributed by atoms with van der Waals surface area (Å²) in [5, 5.41) is 2.85. The fraction of sp³-hybridized carbons (Fsp3) is 0.300. The summed E-state index contributed by atoms with van der Waals surface area (Å²) in [5.74, 6) is 0.119. The summed E-state index contributed by atoms with van der Waals surface area (Å²) in [7, 11) is 0. The van der Waals surface area contributed by atoms with Gasteiger partial charge < -0.3 is 19.2 Å². The molecular weight excluding hydrogens is 198 g/mol. The van der Waals surface area contributed by atoms with Gasteiger partial charge in [-0.3, -0.25) is 0 Å². The molecule has 1 saturated heterocycles. The van der Waals surface area contributed by atoms with E-state index in [1.54, 1.807) is 12.1 Å². The van der Waals surface area contributed by atoms with E-state index in [0.29, 0.717) is 18.1 Å². The van der Waals surface area contributed by atoms with Crippen molar-refractivity contribution in [1.82, 2.24) is 5.32 Å². The summed E-state index contributed by atoms with van der Waals surface area (Å²) in [6.07, 6.45) is 2.32. The Morgan fingerprint density at radius 1 is 1.67 bits per heavy atom. The molecule has 5 heteroatoms. The predicted octanol–water partition coefficient (Wildman–Crippen LogP) is 1.30. The van der Waals surface area contributed by atoms with Crippen molar-refractivity contribution in [1.29, 1.82) is 0 Å². The summed E-state index contributed by atoms with van der Waals surface area (Å²) in [6.45, 7) is 2.34. The van der Waals surface area contributed by atoms with E-state index in [1.807, 2.05) is 6.92 Å². The van der Waals surface area contributed by atoms with E-state index >= 15 is 0 Å². The van der Waals surface area contributed by atoms with Crippen LogP contribution in [0.5, 0.6) is 0 Å². The minimum atomic E-state index is -0.556. The van der Waals surface area contributed by atoms with Crippen molar-refractivity contribution in [2.24, 2.45) is 0 Å². The quantitative estimate of drug-likeness (QED) is 0.462. The van der Waals surface area contributed by atoms with Crippen LogP contribution in [0.2, 0.25) is 0 Å². The van der Waals surface area contributed by atoms with Gasteiger partial charge in [0.2, 0.25) is 6.23 Å². The molecule has 80 valence electrons. The Labute approximate surface area is 86.7 Å². The monoisotopic (exact) mass is 209 g/mol. The zero-order chi connectivity index (χ0) is 10.7. The molecule has 0 aromatic carbocycles. The van der Waals surface area contributed by atoms with E-state index in [-0.39, 0.29) is 0 Å². The van der Waals surface area contributed by atoms with Crippen LogP contribution in [0.4, 0.5) is 0 Å². The molecule has 2 heterocycles. The molecule has 2 rings (SSSR count). The van der Waals surface area contributed by atoms with Crippen molar-refractivity contribution in [2.75, 3.05) is 6.61 Å². The minimum absolute atomic E-state index is 0.304. The van der Waals surface area contributed by atoms with E-state index < -0.39 is 12.2 Å². The number of cyclic esters (lactones) is 1. The van der Waals surface area contributed by atoms with Gasteiger partial charge in [0.25, 0.3) is 0 Å². The van der Waals surface area contributed by atoms with Gasteiger partial charge in [0, 0.05) is 0 Å². The van der Waals surface area contributed by atoms with Crippen LogP contribution in [-0.2, 0) is 14.3 Å². The lowest BCUT2D eigenvalue weighted by atomic mass is 10.4. The summed E-state index contributed by atoms with van der Waals surface area (Å²) >= 11 is 0. The van der Waals surface area contributed by atoms with Crippen LogP contribution in [-0.4, -0.2) is 12.6 Å². The van der Waals surface area contributed by atoms with E-state index in [2.05, 4.69) is 5.32 Å². The van der Waals surface area contributed by atoms with Crippen molar-refractivity contribution in [3.05, 3.63) is 36.1 Å². The second kappa shape index (κ2) is 4.08. The van der Waals surface area contributed by atoms with Gasteiger partial charge in [-0.05, 0) is 19.1 Å². The second-order valence-corrected chi connectivity index (χ2v) is 2.93. The van der Waals surface area contributed by atoms with Crippen molar-refractivity contribution in [3.8, 4) is 0 Å². The number of rotatable bonds is 3. The number of carbonyl (C=O) groups is 1. The molecule has 1 aliphatic rings. The summed E-state index contributed by atoms with van der Waals surface area (Å²) in [5.41, 5.74) is 0.304. The molecule has 1 aromatic heterocycles. The number of nitrogens with one attached hydrogen (secondary N) is 1. The van der Waals surface area contributed by atoms with Crippen LogP contribution in [0, 0.1) is 0 Å². The van der Waals surface area contributed by atoms with Crippen LogP contribution in [0.1, 0.15) is 18.9 Å². The van der Waals surface area contributed by atoms with Gasteiger partial charge in [-0.15, -0.1) is 0 Å². The molecule has 1 unspecified atom stereocenters. The van der Waals surface area contributed by atoms with E-state index in [4.69, 9.17) is 13.9 Å². The smallest absolute Gasteiger partial charge is 0.360 e. The van der Waals surface area contributed by atoms with Crippen LogP contribution < -0.4 is 5.32 Å². The average molecular weight is 209 g/mol. The number of ether oxygens (including phenoxy) is 2. The predicted molar refractivity (Wildman–Crippen MR) is 50.4 cm³/mol. The highest BCUT2D eigenvalue weighted by Gasteiger charge is 2.31. The zero-order valence-electron chi connectivity index (χ0n) is 8.23. The fourth-order valence-electron chi connectivity index (χ4n) is 1.22. The summed E-state index contributed by atoms with van der Waals surface area (Å²) < 4.78 is 15.1. The van der Waals surface area contributed by atoms with E-state index in [9.17, 15) is 4.79 Å². The molecule has 15 heavy (non-hydrogen) atoms. The van der Waals surface area contributed by atoms with E-state index in [1.165, 1.54) is 12.5 Å². The SMILES string of the molecule is CCO/C=C1\NC(c2ccco2)OC1=O. The minimum Gasteiger partial charge on any atom is -0.499 e. The number of hydrogen-bond donors (Lipinski definition) is 1. The third-order valence-corrected chi connectivity index (χ3v) is 1.90. The molecule has 0 amide bonds. The molecule has 1 aliphatic heterocycles. The molecule has 0 saturated carbocycles. The fourth-order valence-corrected chi connectivity index (χ4v) is 1.22. The molecule has 1 atom stereocenters. The van der Waals surface area contributed by atoms with Crippen molar-refractivity contribution in [2.45, 2.75) is 13.2 Å². The maximum Gasteiger partial charge on any atom is 0.360 e. The normalized spacial score (nSPS) is 22.6. The highest BCUT2D eigenvalue weighted by atomic mass is 16.6. The topological polar surface area (TPSA) is 60.7 Å². The van der Waals surface area contributed by atoms with Crippen molar-refractivity contribution >= 4 is 5.97 Å². The standard InChI is InChI=1S/C10H11NO4/c1-2-13-6-7-10(12)15-9(11-7)8-4-3-5-14-8/h3-6,9,11H,2H2,1H3/b7-6-. The van der Waals surface area contributed by atoms with Gasteiger partial charge in [-0.1, -0.05) is 0 Å². The lowest BCUT2D eigenvalue weighted by Crippen LogP contribution is -2.12. The first-order valence-corrected chi connectivity index (χ1v) is 4.64. The van der Waals surface area contributed by atoms with Crippen LogP contribution in [0.3, 0.4) is 0 Å².